The van der Waals surface area contributed by atoms with Crippen LogP contribution in [0.3, 0.4) is 0 Å². The number of carbonyl (C=O) groups excluding carboxylic acids is 1. The summed E-state index contributed by atoms with van der Waals surface area (Å²) in [5.74, 6) is -0.0396. The van der Waals surface area contributed by atoms with Crippen molar-refractivity contribution in [3.8, 4) is 5.75 Å². The molecule has 0 saturated heterocycles. The van der Waals surface area contributed by atoms with Gasteiger partial charge >= 0.3 is 0 Å². The predicted molar refractivity (Wildman–Crippen MR) is 102 cm³/mol. The number of nitrogens with one attached hydrogen (secondary N) is 2. The molecule has 9 heteroatoms. The number of ether oxygens (including phenoxy) is 1. The van der Waals surface area contributed by atoms with Crippen molar-refractivity contribution in [3.05, 3.63) is 45.9 Å². The third-order valence-corrected chi connectivity index (χ3v) is 6.19. The van der Waals surface area contributed by atoms with Crippen molar-refractivity contribution in [2.24, 2.45) is 0 Å². The number of sulfonamides is 1. The first kappa shape index (κ1) is 18.8. The van der Waals surface area contributed by atoms with Gasteiger partial charge in [0.15, 0.2) is 6.10 Å². The summed E-state index contributed by atoms with van der Waals surface area (Å²) in [6.45, 7) is 3.61. The number of fused-ring (bicyclic) bond motifs is 1. The first-order valence-corrected chi connectivity index (χ1v) is 10.0. The average Bonchev–Trinajstić information content (AvgIpc) is 2.56. The SMILES string of the molecule is CCC1Oc2cc(S(=O)(=O)Nc3ccc(C)c(Cl)c3)c(Cl)cc2NC1=O. The monoisotopic (exact) mass is 414 g/mol. The van der Waals surface area contributed by atoms with E-state index in [4.69, 9.17) is 27.9 Å². The molecule has 0 fully saturated rings. The number of halogens is 2. The Morgan fingerprint density at radius 1 is 1.19 bits per heavy atom. The minimum atomic E-state index is -3.98. The first-order valence-electron chi connectivity index (χ1n) is 7.81. The molecule has 0 radical (unpaired) electrons. The lowest BCUT2D eigenvalue weighted by Crippen LogP contribution is -2.36. The van der Waals surface area contributed by atoms with Crippen LogP contribution in [0.4, 0.5) is 11.4 Å². The van der Waals surface area contributed by atoms with Gasteiger partial charge in [-0.15, -0.1) is 0 Å². The number of anilines is 2. The van der Waals surface area contributed by atoms with E-state index < -0.39 is 16.1 Å². The van der Waals surface area contributed by atoms with E-state index >= 15 is 0 Å². The normalized spacial score (nSPS) is 16.5. The largest absolute Gasteiger partial charge is 0.478 e. The van der Waals surface area contributed by atoms with Crippen molar-refractivity contribution in [2.75, 3.05) is 10.0 Å². The van der Waals surface area contributed by atoms with Gasteiger partial charge in [-0.1, -0.05) is 36.2 Å². The summed E-state index contributed by atoms with van der Waals surface area (Å²) in [6, 6.07) is 7.49. The van der Waals surface area contributed by atoms with Crippen LogP contribution in [-0.2, 0) is 14.8 Å². The fourth-order valence-electron chi connectivity index (χ4n) is 2.49. The van der Waals surface area contributed by atoms with Gasteiger partial charge < -0.3 is 10.1 Å². The van der Waals surface area contributed by atoms with E-state index in [0.29, 0.717) is 22.8 Å². The quantitative estimate of drug-likeness (QED) is 0.784. The Morgan fingerprint density at radius 3 is 2.58 bits per heavy atom. The van der Waals surface area contributed by atoms with Crippen LogP contribution in [0.5, 0.6) is 5.75 Å². The van der Waals surface area contributed by atoms with Crippen molar-refractivity contribution in [1.82, 2.24) is 0 Å². The molecule has 1 amide bonds. The van der Waals surface area contributed by atoms with Crippen molar-refractivity contribution in [3.63, 3.8) is 0 Å². The van der Waals surface area contributed by atoms with E-state index in [1.54, 1.807) is 19.1 Å². The fourth-order valence-corrected chi connectivity index (χ4v) is 4.27. The van der Waals surface area contributed by atoms with E-state index in [1.807, 2.05) is 6.92 Å². The van der Waals surface area contributed by atoms with Gasteiger partial charge in [-0.2, -0.15) is 0 Å². The summed E-state index contributed by atoms with van der Waals surface area (Å²) < 4.78 is 33.5. The molecule has 2 aromatic carbocycles. The molecule has 26 heavy (non-hydrogen) atoms. The third kappa shape index (κ3) is 3.60. The molecule has 0 aliphatic carbocycles. The lowest BCUT2D eigenvalue weighted by atomic mass is 10.2. The molecule has 0 bridgehead atoms. The van der Waals surface area contributed by atoms with Crippen molar-refractivity contribution < 1.29 is 17.9 Å². The maximum Gasteiger partial charge on any atom is 0.265 e. The zero-order chi connectivity index (χ0) is 19.1. The third-order valence-electron chi connectivity index (χ3n) is 3.94. The molecule has 0 spiro atoms. The average molecular weight is 415 g/mol. The topological polar surface area (TPSA) is 84.5 Å². The van der Waals surface area contributed by atoms with Crippen molar-refractivity contribution in [2.45, 2.75) is 31.3 Å². The Bertz CT molecular complexity index is 992. The van der Waals surface area contributed by atoms with Crippen molar-refractivity contribution >= 4 is 50.5 Å². The molecule has 138 valence electrons. The summed E-state index contributed by atoms with van der Waals surface area (Å²) >= 11 is 12.2. The van der Waals surface area contributed by atoms with Gasteiger partial charge in [-0.25, -0.2) is 8.42 Å². The molecule has 1 unspecified atom stereocenters. The molecule has 6 nitrogen and oxygen atoms in total. The highest BCUT2D eigenvalue weighted by Gasteiger charge is 2.29. The van der Waals surface area contributed by atoms with Crippen LogP contribution in [0, 0.1) is 6.92 Å². The van der Waals surface area contributed by atoms with E-state index in [9.17, 15) is 13.2 Å². The predicted octanol–water partition coefficient (Wildman–Crippen LogP) is 4.21. The zero-order valence-corrected chi connectivity index (χ0v) is 16.3. The zero-order valence-electron chi connectivity index (χ0n) is 14.0. The number of rotatable bonds is 4. The second-order valence-electron chi connectivity index (χ2n) is 5.85. The van der Waals surface area contributed by atoms with Crippen LogP contribution >= 0.6 is 23.2 Å². The maximum atomic E-state index is 12.7. The summed E-state index contributed by atoms with van der Waals surface area (Å²) in [6.07, 6.45) is -0.223. The van der Waals surface area contributed by atoms with Gasteiger partial charge in [0.05, 0.1) is 16.4 Å². The second-order valence-corrected chi connectivity index (χ2v) is 8.32. The van der Waals surface area contributed by atoms with E-state index in [1.165, 1.54) is 18.2 Å². The summed E-state index contributed by atoms with van der Waals surface area (Å²) in [7, 11) is -3.98. The molecule has 1 aliphatic heterocycles. The van der Waals surface area contributed by atoms with E-state index in [2.05, 4.69) is 10.0 Å². The number of amides is 1. The molecular formula is C17H16Cl2N2O4S. The number of carbonyl (C=O) groups is 1. The Labute approximate surface area is 161 Å². The Morgan fingerprint density at radius 2 is 1.92 bits per heavy atom. The Kier molecular flexibility index (Phi) is 5.05. The van der Waals surface area contributed by atoms with E-state index in [-0.39, 0.29) is 21.6 Å². The highest BCUT2D eigenvalue weighted by molar-refractivity contribution is 7.92. The minimum absolute atomic E-state index is 0.0340. The van der Waals surface area contributed by atoms with Gasteiger partial charge in [0.1, 0.15) is 10.6 Å². The van der Waals surface area contributed by atoms with Crippen LogP contribution in [0.1, 0.15) is 18.9 Å². The van der Waals surface area contributed by atoms with Crippen LogP contribution < -0.4 is 14.8 Å². The molecule has 3 rings (SSSR count). The first-order chi connectivity index (χ1) is 12.2. The molecule has 2 aromatic rings. The van der Waals surface area contributed by atoms with Crippen LogP contribution in [0.15, 0.2) is 35.2 Å². The summed E-state index contributed by atoms with van der Waals surface area (Å²) in [4.78, 5) is 11.7. The molecule has 0 aromatic heterocycles. The standard InChI is InChI=1S/C17H16Cl2N2O4S/c1-3-14-17(22)20-13-7-12(19)16(8-15(13)25-14)26(23,24)21-10-5-4-9(2)11(18)6-10/h4-8,14,21H,3H2,1-2H3,(H,20,22). The van der Waals surface area contributed by atoms with Crippen LogP contribution in [-0.4, -0.2) is 20.4 Å². The van der Waals surface area contributed by atoms with Gasteiger partial charge in [-0.05, 0) is 37.1 Å². The number of hydrogen-bond donors (Lipinski definition) is 2. The molecule has 2 N–H and O–H groups in total. The fraction of sp³-hybridized carbons (Fsp3) is 0.235. The summed E-state index contributed by atoms with van der Waals surface area (Å²) in [5.41, 5.74) is 1.48. The number of hydrogen-bond acceptors (Lipinski definition) is 4. The smallest absolute Gasteiger partial charge is 0.265 e. The van der Waals surface area contributed by atoms with Gasteiger partial charge in [0, 0.05) is 11.1 Å². The molecule has 1 atom stereocenters. The molecular weight excluding hydrogens is 399 g/mol. The highest BCUT2D eigenvalue weighted by atomic mass is 35.5. The molecule has 1 aliphatic rings. The van der Waals surface area contributed by atoms with Crippen molar-refractivity contribution in [1.29, 1.82) is 0 Å². The maximum absolute atomic E-state index is 12.7. The van der Waals surface area contributed by atoms with Crippen LogP contribution in [0.25, 0.3) is 0 Å². The lowest BCUT2D eigenvalue weighted by molar-refractivity contribution is -0.123. The lowest BCUT2D eigenvalue weighted by Gasteiger charge is -2.26. The van der Waals surface area contributed by atoms with Gasteiger partial charge in [-0.3, -0.25) is 9.52 Å². The molecule has 0 saturated carbocycles. The molecule has 1 heterocycles. The number of aryl methyl sites for hydroxylation is 1. The Hall–Kier alpha value is -1.96. The Balaban J connectivity index is 1.97. The van der Waals surface area contributed by atoms with Crippen LogP contribution in [0.2, 0.25) is 10.0 Å². The van der Waals surface area contributed by atoms with Gasteiger partial charge in [0.25, 0.3) is 15.9 Å². The van der Waals surface area contributed by atoms with E-state index in [0.717, 1.165) is 5.56 Å². The minimum Gasteiger partial charge on any atom is -0.478 e. The summed E-state index contributed by atoms with van der Waals surface area (Å²) in [5, 5.41) is 3.07. The van der Waals surface area contributed by atoms with Gasteiger partial charge in [0.2, 0.25) is 0 Å². The highest BCUT2D eigenvalue weighted by Crippen LogP contribution is 2.37. The number of benzene rings is 2. The second kappa shape index (κ2) is 6.98.